The number of carbonyl (C=O) groups excluding carboxylic acids is 1. The number of benzene rings is 2. The summed E-state index contributed by atoms with van der Waals surface area (Å²) in [5.41, 5.74) is 4.72. The van der Waals surface area contributed by atoms with Gasteiger partial charge in [0.15, 0.2) is 0 Å². The summed E-state index contributed by atoms with van der Waals surface area (Å²) in [5, 5.41) is 0. The molecule has 0 bridgehead atoms. The summed E-state index contributed by atoms with van der Waals surface area (Å²) in [6, 6.07) is 15.6. The lowest BCUT2D eigenvalue weighted by molar-refractivity contribution is 0.112. The predicted octanol–water partition coefficient (Wildman–Crippen LogP) is 5.01. The van der Waals surface area contributed by atoms with Crippen LogP contribution >= 0.6 is 11.8 Å². The number of carbonyl (C=O) groups is 1. The van der Waals surface area contributed by atoms with Crippen LogP contribution in [0, 0.1) is 0 Å². The Hall–Kier alpha value is -1.74. The standard InChI is InChI=1S/C19H19NOS/c1-22-15-8-6-14(7-9-15)20-18-4-2-3-16(18)17-11-13(12-21)5-10-19(17)20/h5-12,16,18H,2-4H2,1H3. The Morgan fingerprint density at radius 2 is 1.95 bits per heavy atom. The molecule has 4 rings (SSSR count). The molecule has 0 aromatic heterocycles. The van der Waals surface area contributed by atoms with Crippen molar-refractivity contribution < 1.29 is 4.79 Å². The second-order valence-corrected chi connectivity index (χ2v) is 6.99. The van der Waals surface area contributed by atoms with E-state index in [9.17, 15) is 4.79 Å². The van der Waals surface area contributed by atoms with Crippen LogP contribution < -0.4 is 4.90 Å². The molecular weight excluding hydrogens is 290 g/mol. The van der Waals surface area contributed by atoms with Crippen molar-refractivity contribution in [3.05, 3.63) is 53.6 Å². The Labute approximate surface area is 135 Å². The average Bonchev–Trinajstić information content (AvgIpc) is 3.15. The molecule has 22 heavy (non-hydrogen) atoms. The molecule has 0 amide bonds. The molecule has 1 heterocycles. The van der Waals surface area contributed by atoms with Crippen LogP contribution in [0.1, 0.15) is 41.1 Å². The molecule has 0 saturated heterocycles. The van der Waals surface area contributed by atoms with Gasteiger partial charge in [0.25, 0.3) is 0 Å². The summed E-state index contributed by atoms with van der Waals surface area (Å²) in [6.45, 7) is 0. The summed E-state index contributed by atoms with van der Waals surface area (Å²) in [5.74, 6) is 0.579. The minimum atomic E-state index is 0.553. The Kier molecular flexibility index (Phi) is 3.45. The average molecular weight is 309 g/mol. The molecule has 0 radical (unpaired) electrons. The van der Waals surface area contributed by atoms with Crippen molar-refractivity contribution in [2.45, 2.75) is 36.1 Å². The first-order valence-electron chi connectivity index (χ1n) is 7.84. The van der Waals surface area contributed by atoms with Crippen LogP contribution in [0.4, 0.5) is 11.4 Å². The number of rotatable bonds is 3. The van der Waals surface area contributed by atoms with Gasteiger partial charge in [-0.2, -0.15) is 0 Å². The van der Waals surface area contributed by atoms with E-state index in [1.807, 2.05) is 6.07 Å². The summed E-state index contributed by atoms with van der Waals surface area (Å²) in [4.78, 5) is 14.9. The van der Waals surface area contributed by atoms with Crippen molar-refractivity contribution in [2.24, 2.45) is 0 Å². The summed E-state index contributed by atoms with van der Waals surface area (Å²) in [6.07, 6.45) is 6.81. The molecule has 1 aliphatic carbocycles. The summed E-state index contributed by atoms with van der Waals surface area (Å²) < 4.78 is 0. The van der Waals surface area contributed by atoms with Crippen molar-refractivity contribution >= 4 is 29.4 Å². The number of thioether (sulfide) groups is 1. The van der Waals surface area contributed by atoms with E-state index in [-0.39, 0.29) is 0 Å². The van der Waals surface area contributed by atoms with Gasteiger partial charge in [-0.15, -0.1) is 11.8 Å². The van der Waals surface area contributed by atoms with Gasteiger partial charge in [0, 0.05) is 33.8 Å². The summed E-state index contributed by atoms with van der Waals surface area (Å²) in [7, 11) is 0. The smallest absolute Gasteiger partial charge is 0.150 e. The lowest BCUT2D eigenvalue weighted by Gasteiger charge is -2.27. The zero-order chi connectivity index (χ0) is 15.1. The minimum Gasteiger partial charge on any atom is -0.338 e. The fourth-order valence-electron chi connectivity index (χ4n) is 4.03. The van der Waals surface area contributed by atoms with E-state index >= 15 is 0 Å². The number of anilines is 2. The van der Waals surface area contributed by atoms with Crippen molar-refractivity contribution in [3.8, 4) is 0 Å². The van der Waals surface area contributed by atoms with Gasteiger partial charge in [0.1, 0.15) is 6.29 Å². The zero-order valence-electron chi connectivity index (χ0n) is 12.7. The fraction of sp³-hybridized carbons (Fsp3) is 0.316. The van der Waals surface area contributed by atoms with Gasteiger partial charge >= 0.3 is 0 Å². The van der Waals surface area contributed by atoms with Crippen LogP contribution in [-0.4, -0.2) is 18.6 Å². The van der Waals surface area contributed by atoms with Crippen LogP contribution in [0.15, 0.2) is 47.4 Å². The highest BCUT2D eigenvalue weighted by atomic mass is 32.2. The normalized spacial score (nSPS) is 22.5. The highest BCUT2D eigenvalue weighted by Crippen LogP contribution is 2.52. The molecule has 2 aliphatic rings. The van der Waals surface area contributed by atoms with E-state index in [1.165, 1.54) is 41.1 Å². The van der Waals surface area contributed by atoms with Gasteiger partial charge in [-0.3, -0.25) is 4.79 Å². The lowest BCUT2D eigenvalue weighted by Crippen LogP contribution is -2.26. The molecule has 1 aliphatic heterocycles. The largest absolute Gasteiger partial charge is 0.338 e. The molecule has 0 N–H and O–H groups in total. The molecule has 2 unspecified atom stereocenters. The molecule has 2 aromatic rings. The van der Waals surface area contributed by atoms with Crippen LogP contribution in [-0.2, 0) is 0 Å². The van der Waals surface area contributed by atoms with Gasteiger partial charge < -0.3 is 4.90 Å². The zero-order valence-corrected chi connectivity index (χ0v) is 13.5. The predicted molar refractivity (Wildman–Crippen MR) is 92.6 cm³/mol. The van der Waals surface area contributed by atoms with E-state index in [1.54, 1.807) is 11.8 Å². The van der Waals surface area contributed by atoms with Gasteiger partial charge in [-0.1, -0.05) is 6.42 Å². The molecule has 2 atom stereocenters. The molecule has 112 valence electrons. The first-order valence-corrected chi connectivity index (χ1v) is 9.06. The third-order valence-electron chi connectivity index (χ3n) is 5.01. The molecule has 2 nitrogen and oxygen atoms in total. The Balaban J connectivity index is 1.80. The maximum atomic E-state index is 11.1. The molecule has 1 fully saturated rings. The fourth-order valence-corrected chi connectivity index (χ4v) is 4.44. The van der Waals surface area contributed by atoms with E-state index < -0.39 is 0 Å². The van der Waals surface area contributed by atoms with Crippen molar-refractivity contribution in [3.63, 3.8) is 0 Å². The van der Waals surface area contributed by atoms with Crippen molar-refractivity contribution in [2.75, 3.05) is 11.2 Å². The number of nitrogens with zero attached hydrogens (tertiary/aromatic N) is 1. The Bertz CT molecular complexity index is 710. The maximum absolute atomic E-state index is 11.1. The van der Waals surface area contributed by atoms with Crippen molar-refractivity contribution in [1.82, 2.24) is 0 Å². The van der Waals surface area contributed by atoms with Crippen LogP contribution in [0.3, 0.4) is 0 Å². The third kappa shape index (κ3) is 2.07. The monoisotopic (exact) mass is 309 g/mol. The van der Waals surface area contributed by atoms with Crippen LogP contribution in [0.25, 0.3) is 0 Å². The SMILES string of the molecule is CSc1ccc(N2c3ccc(C=O)cc3C3CCCC32)cc1. The first-order chi connectivity index (χ1) is 10.8. The quantitative estimate of drug-likeness (QED) is 0.587. The number of fused-ring (bicyclic) bond motifs is 3. The lowest BCUT2D eigenvalue weighted by atomic mass is 9.96. The second-order valence-electron chi connectivity index (χ2n) is 6.11. The van der Waals surface area contributed by atoms with E-state index in [4.69, 9.17) is 0 Å². The van der Waals surface area contributed by atoms with E-state index in [2.05, 4.69) is 47.6 Å². The van der Waals surface area contributed by atoms with Crippen molar-refractivity contribution in [1.29, 1.82) is 0 Å². The molecule has 1 saturated carbocycles. The number of aldehydes is 1. The van der Waals surface area contributed by atoms with Gasteiger partial charge in [-0.05, 0) is 67.1 Å². The highest BCUT2D eigenvalue weighted by molar-refractivity contribution is 7.98. The first kappa shape index (κ1) is 13.9. The number of hydrogen-bond donors (Lipinski definition) is 0. The van der Waals surface area contributed by atoms with Crippen LogP contribution in [0.2, 0.25) is 0 Å². The van der Waals surface area contributed by atoms with E-state index in [0.29, 0.717) is 12.0 Å². The maximum Gasteiger partial charge on any atom is 0.150 e. The number of hydrogen-bond acceptors (Lipinski definition) is 3. The molecule has 2 aromatic carbocycles. The Morgan fingerprint density at radius 3 is 2.68 bits per heavy atom. The van der Waals surface area contributed by atoms with Gasteiger partial charge in [0.2, 0.25) is 0 Å². The topological polar surface area (TPSA) is 20.3 Å². The van der Waals surface area contributed by atoms with Crippen LogP contribution in [0.5, 0.6) is 0 Å². The summed E-state index contributed by atoms with van der Waals surface area (Å²) >= 11 is 1.77. The van der Waals surface area contributed by atoms with Gasteiger partial charge in [0.05, 0.1) is 0 Å². The van der Waals surface area contributed by atoms with E-state index in [0.717, 1.165) is 11.8 Å². The second kappa shape index (κ2) is 5.47. The Morgan fingerprint density at radius 1 is 1.14 bits per heavy atom. The molecule has 3 heteroatoms. The van der Waals surface area contributed by atoms with Gasteiger partial charge in [-0.25, -0.2) is 0 Å². The molecular formula is C19H19NOS. The highest BCUT2D eigenvalue weighted by Gasteiger charge is 2.42. The minimum absolute atomic E-state index is 0.553. The molecule has 0 spiro atoms. The third-order valence-corrected chi connectivity index (χ3v) is 5.75.